The van der Waals surface area contributed by atoms with E-state index in [-0.39, 0.29) is 13.2 Å². The van der Waals surface area contributed by atoms with Crippen LogP contribution in [0.2, 0.25) is 0 Å². The van der Waals surface area contributed by atoms with Gasteiger partial charge in [-0.25, -0.2) is 0 Å². The highest BCUT2D eigenvalue weighted by Crippen LogP contribution is 2.21. The van der Waals surface area contributed by atoms with Gasteiger partial charge in [0.05, 0.1) is 32.1 Å². The number of nitrogens with zero attached hydrogens (tertiary/aromatic N) is 1. The smallest absolute Gasteiger partial charge is 0.186 e. The van der Waals surface area contributed by atoms with Crippen molar-refractivity contribution in [1.29, 1.82) is 0 Å². The summed E-state index contributed by atoms with van der Waals surface area (Å²) in [6.07, 6.45) is -4.73. The van der Waals surface area contributed by atoms with E-state index in [9.17, 15) is 15.3 Å². The maximum absolute atomic E-state index is 9.77. The number of rotatable bonds is 6. The first-order valence-electron chi connectivity index (χ1n) is 6.58. The molecule has 2 aliphatic rings. The molecular formula is C11H21N3O7. The van der Waals surface area contributed by atoms with Gasteiger partial charge in [-0.15, -0.1) is 5.53 Å². The van der Waals surface area contributed by atoms with Gasteiger partial charge in [0.2, 0.25) is 0 Å². The Morgan fingerprint density at radius 1 is 1.19 bits per heavy atom. The highest BCUT2D eigenvalue weighted by molar-refractivity contribution is 5.01. The Kier molecular flexibility index (Phi) is 5.72. The van der Waals surface area contributed by atoms with Crippen LogP contribution in [0.25, 0.3) is 0 Å². The number of aliphatic hydroxyl groups is 5. The van der Waals surface area contributed by atoms with Crippen molar-refractivity contribution < 1.29 is 35.0 Å². The average molecular weight is 307 g/mol. The van der Waals surface area contributed by atoms with Gasteiger partial charge in [-0.3, -0.25) is 5.01 Å². The second kappa shape index (κ2) is 7.33. The molecule has 7 N–H and O–H groups in total. The maximum Gasteiger partial charge on any atom is 0.186 e. The van der Waals surface area contributed by atoms with Gasteiger partial charge in [-0.1, -0.05) is 0 Å². The van der Waals surface area contributed by atoms with Gasteiger partial charge in [0.1, 0.15) is 24.4 Å². The van der Waals surface area contributed by atoms with Gasteiger partial charge in [-0.05, 0) is 0 Å². The molecule has 0 spiro atoms. The molecule has 122 valence electrons. The van der Waals surface area contributed by atoms with Crippen molar-refractivity contribution in [3.63, 3.8) is 0 Å². The zero-order chi connectivity index (χ0) is 15.4. The summed E-state index contributed by atoms with van der Waals surface area (Å²) in [4.78, 5) is 0. The molecule has 1 saturated heterocycles. The lowest BCUT2D eigenvalue weighted by molar-refractivity contribution is -0.301. The van der Waals surface area contributed by atoms with Crippen LogP contribution in [0.1, 0.15) is 0 Å². The van der Waals surface area contributed by atoms with Crippen molar-refractivity contribution in [3.8, 4) is 0 Å². The van der Waals surface area contributed by atoms with Crippen LogP contribution in [0.4, 0.5) is 0 Å². The second-order valence-corrected chi connectivity index (χ2v) is 4.81. The van der Waals surface area contributed by atoms with E-state index in [1.807, 2.05) is 0 Å². The number of ether oxygens (including phenoxy) is 2. The third-order valence-electron chi connectivity index (χ3n) is 3.30. The molecule has 2 heterocycles. The predicted octanol–water partition coefficient (Wildman–Crippen LogP) is -4.04. The molecule has 10 nitrogen and oxygen atoms in total. The lowest BCUT2D eigenvalue weighted by Gasteiger charge is -2.39. The van der Waals surface area contributed by atoms with Gasteiger partial charge in [0, 0.05) is 6.20 Å². The van der Waals surface area contributed by atoms with Gasteiger partial charge < -0.3 is 40.4 Å². The van der Waals surface area contributed by atoms with E-state index in [1.54, 1.807) is 11.2 Å². The van der Waals surface area contributed by atoms with E-state index in [0.29, 0.717) is 12.2 Å². The summed E-state index contributed by atoms with van der Waals surface area (Å²) in [5.74, 6) is 0. The van der Waals surface area contributed by atoms with Crippen LogP contribution in [-0.4, -0.2) is 87.6 Å². The molecule has 0 bridgehead atoms. The van der Waals surface area contributed by atoms with Gasteiger partial charge in [-0.2, -0.15) is 0 Å². The van der Waals surface area contributed by atoms with E-state index < -0.39 is 37.3 Å². The lowest BCUT2D eigenvalue weighted by atomic mass is 9.99. The number of hydrogen-bond donors (Lipinski definition) is 7. The summed E-state index contributed by atoms with van der Waals surface area (Å²) in [7, 11) is 0. The highest BCUT2D eigenvalue weighted by Gasteiger charge is 2.43. The first kappa shape index (κ1) is 16.4. The molecule has 10 heteroatoms. The summed E-state index contributed by atoms with van der Waals surface area (Å²) in [5.41, 5.74) is 6.09. The number of hydrazine groups is 2. The third-order valence-corrected chi connectivity index (χ3v) is 3.30. The molecule has 0 aliphatic carbocycles. The zero-order valence-corrected chi connectivity index (χ0v) is 11.3. The first-order valence-corrected chi connectivity index (χ1v) is 6.58. The summed E-state index contributed by atoms with van der Waals surface area (Å²) >= 11 is 0. The number of nitrogens with one attached hydrogen (secondary N) is 2. The van der Waals surface area contributed by atoms with Crippen molar-refractivity contribution in [1.82, 2.24) is 16.0 Å². The summed E-state index contributed by atoms with van der Waals surface area (Å²) in [6.45, 7) is -0.0971. The minimum Gasteiger partial charge on any atom is -0.394 e. The predicted molar refractivity (Wildman–Crippen MR) is 67.9 cm³/mol. The fraction of sp³-hybridized carbons (Fsp3) is 0.818. The minimum absolute atomic E-state index is 0.128. The molecule has 0 aromatic rings. The number of hydrogen-bond acceptors (Lipinski definition) is 10. The van der Waals surface area contributed by atoms with E-state index in [2.05, 4.69) is 11.0 Å². The average Bonchev–Trinajstić information content (AvgIpc) is 2.95. The molecule has 0 amide bonds. The molecule has 1 fully saturated rings. The Bertz CT molecular complexity index is 368. The Morgan fingerprint density at radius 3 is 2.57 bits per heavy atom. The molecular weight excluding hydrogens is 286 g/mol. The van der Waals surface area contributed by atoms with Crippen LogP contribution in [0.15, 0.2) is 11.9 Å². The Hall–Kier alpha value is -0.980. The quantitative estimate of drug-likeness (QED) is 0.259. The SMILES string of the molecule is OCC1=CN(CCO[C@@H]2OC(CO)[C@@H](O)C(O)[C@H]2O)NN1. The fourth-order valence-corrected chi connectivity index (χ4v) is 2.07. The van der Waals surface area contributed by atoms with Gasteiger partial charge in [0.25, 0.3) is 0 Å². The normalized spacial score (nSPS) is 36.5. The van der Waals surface area contributed by atoms with Crippen molar-refractivity contribution >= 4 is 0 Å². The molecule has 2 aliphatic heterocycles. The molecule has 21 heavy (non-hydrogen) atoms. The molecule has 0 saturated carbocycles. The van der Waals surface area contributed by atoms with Crippen LogP contribution in [0.5, 0.6) is 0 Å². The summed E-state index contributed by atoms with van der Waals surface area (Å²) in [5, 5.41) is 48.6. The second-order valence-electron chi connectivity index (χ2n) is 4.81. The van der Waals surface area contributed by atoms with Crippen LogP contribution in [-0.2, 0) is 9.47 Å². The van der Waals surface area contributed by atoms with E-state index in [1.165, 1.54) is 0 Å². The van der Waals surface area contributed by atoms with Crippen molar-refractivity contribution in [2.45, 2.75) is 30.7 Å². The zero-order valence-electron chi connectivity index (χ0n) is 11.3. The molecule has 0 aromatic carbocycles. The lowest BCUT2D eigenvalue weighted by Crippen LogP contribution is -2.59. The molecule has 0 aromatic heterocycles. The van der Waals surface area contributed by atoms with Crippen LogP contribution in [0.3, 0.4) is 0 Å². The van der Waals surface area contributed by atoms with Gasteiger partial charge in [0.15, 0.2) is 6.29 Å². The highest BCUT2D eigenvalue weighted by atomic mass is 16.7. The van der Waals surface area contributed by atoms with Crippen molar-refractivity contribution in [3.05, 3.63) is 11.9 Å². The molecule has 5 atom stereocenters. The van der Waals surface area contributed by atoms with Crippen LogP contribution in [0, 0.1) is 0 Å². The van der Waals surface area contributed by atoms with E-state index in [4.69, 9.17) is 19.7 Å². The van der Waals surface area contributed by atoms with Crippen molar-refractivity contribution in [2.75, 3.05) is 26.4 Å². The Labute approximate surface area is 121 Å². The Morgan fingerprint density at radius 2 is 1.95 bits per heavy atom. The Balaban J connectivity index is 1.78. The number of aliphatic hydroxyl groups excluding tert-OH is 5. The standard InChI is InChI=1S/C11H21N3O7/c15-4-6-3-14(13-12-6)1-2-20-11-10(19)9(18)8(17)7(5-16)21-11/h3,7-13,15-19H,1-2,4-5H2/t7?,8-,9?,10-,11-/m1/s1. The molecule has 2 unspecified atom stereocenters. The van der Waals surface area contributed by atoms with Gasteiger partial charge >= 0.3 is 0 Å². The topological polar surface area (TPSA) is 147 Å². The maximum atomic E-state index is 9.77. The summed E-state index contributed by atoms with van der Waals surface area (Å²) < 4.78 is 10.5. The molecule has 0 radical (unpaired) electrons. The molecule has 2 rings (SSSR count). The van der Waals surface area contributed by atoms with Crippen molar-refractivity contribution in [2.24, 2.45) is 0 Å². The third kappa shape index (κ3) is 3.81. The van der Waals surface area contributed by atoms with E-state index >= 15 is 0 Å². The van der Waals surface area contributed by atoms with E-state index in [0.717, 1.165) is 0 Å². The van der Waals surface area contributed by atoms with Crippen LogP contribution >= 0.6 is 0 Å². The first-order chi connectivity index (χ1) is 10.1. The summed E-state index contributed by atoms with van der Waals surface area (Å²) in [6, 6.07) is 0. The monoisotopic (exact) mass is 307 g/mol. The van der Waals surface area contributed by atoms with Crippen LogP contribution < -0.4 is 11.0 Å². The minimum atomic E-state index is -1.45. The fourth-order valence-electron chi connectivity index (χ4n) is 2.07. The largest absolute Gasteiger partial charge is 0.394 e.